The molecule has 4 aromatic rings. The molecule has 5 nitrogen and oxygen atoms in total. The molecule has 5 rings (SSSR count). The lowest BCUT2D eigenvalue weighted by Crippen LogP contribution is -2.33. The highest BCUT2D eigenvalue weighted by atomic mass is 19.1. The van der Waals surface area contributed by atoms with Gasteiger partial charge in [0.15, 0.2) is 0 Å². The minimum absolute atomic E-state index is 0.0931. The average Bonchev–Trinajstić information content (AvgIpc) is 2.84. The van der Waals surface area contributed by atoms with Crippen LogP contribution in [0.25, 0.3) is 22.1 Å². The monoisotopic (exact) mass is 445 g/mol. The van der Waals surface area contributed by atoms with Crippen molar-refractivity contribution in [1.82, 2.24) is 4.90 Å². The van der Waals surface area contributed by atoms with Crippen molar-refractivity contribution in [3.05, 3.63) is 93.6 Å². The van der Waals surface area contributed by atoms with Crippen molar-refractivity contribution < 1.29 is 18.3 Å². The molecule has 0 atom stereocenters. The first-order valence-electron chi connectivity index (χ1n) is 10.9. The molecule has 6 heteroatoms. The molecule has 0 amide bonds. The van der Waals surface area contributed by atoms with Crippen LogP contribution in [0, 0.1) is 12.7 Å². The predicted octanol–water partition coefficient (Wildman–Crippen LogP) is 5.31. The molecule has 0 saturated carbocycles. The Bertz CT molecular complexity index is 1380. The van der Waals surface area contributed by atoms with E-state index in [-0.39, 0.29) is 11.2 Å². The number of aryl methyl sites for hydroxylation is 1. The summed E-state index contributed by atoms with van der Waals surface area (Å²) in [5.41, 5.74) is 3.60. The van der Waals surface area contributed by atoms with Crippen molar-refractivity contribution in [3.63, 3.8) is 0 Å². The largest absolute Gasteiger partial charge is 0.496 e. The van der Waals surface area contributed by atoms with Gasteiger partial charge in [-0.05, 0) is 49.2 Å². The molecular formula is C27H24FNO4. The number of hydrogen-bond acceptors (Lipinski definition) is 5. The summed E-state index contributed by atoms with van der Waals surface area (Å²) >= 11 is 0. The maximum atomic E-state index is 13.5. The molecule has 0 bridgehead atoms. The molecule has 0 saturated heterocycles. The summed E-state index contributed by atoms with van der Waals surface area (Å²) in [6.07, 6.45) is 0.769. The van der Waals surface area contributed by atoms with Crippen molar-refractivity contribution >= 4 is 11.0 Å². The normalized spacial score (nSPS) is 13.5. The second-order valence-electron chi connectivity index (χ2n) is 8.18. The summed E-state index contributed by atoms with van der Waals surface area (Å²) < 4.78 is 30.8. The third kappa shape index (κ3) is 3.98. The molecule has 1 aliphatic heterocycles. The van der Waals surface area contributed by atoms with Crippen LogP contribution >= 0.6 is 0 Å². The van der Waals surface area contributed by atoms with Gasteiger partial charge in [0.05, 0.1) is 23.6 Å². The standard InChI is InChI=1S/C27H24FNO4/c1-17-25(20-5-3-4-6-23(20)31-2)26(30)21-11-12-24-22(27(21)33-17)15-29(16-32-24)14-13-18-7-9-19(28)10-8-18/h3-12H,13-16H2,1-2H3. The van der Waals surface area contributed by atoms with Crippen LogP contribution in [-0.2, 0) is 13.0 Å². The van der Waals surface area contributed by atoms with Crippen LogP contribution in [0.2, 0.25) is 0 Å². The number of fused-ring (bicyclic) bond motifs is 3. The molecule has 1 aromatic heterocycles. The number of nitrogens with zero attached hydrogens (tertiary/aromatic N) is 1. The van der Waals surface area contributed by atoms with E-state index in [1.54, 1.807) is 32.2 Å². The lowest BCUT2D eigenvalue weighted by molar-refractivity contribution is 0.0968. The quantitative estimate of drug-likeness (QED) is 0.417. The van der Waals surface area contributed by atoms with E-state index >= 15 is 0 Å². The minimum atomic E-state index is -0.238. The average molecular weight is 445 g/mol. The van der Waals surface area contributed by atoms with Crippen LogP contribution in [-0.4, -0.2) is 25.3 Å². The predicted molar refractivity (Wildman–Crippen MR) is 125 cm³/mol. The zero-order valence-electron chi connectivity index (χ0n) is 18.6. The van der Waals surface area contributed by atoms with Crippen LogP contribution in [0.3, 0.4) is 0 Å². The highest BCUT2D eigenvalue weighted by Gasteiger charge is 2.24. The topological polar surface area (TPSA) is 51.9 Å². The highest BCUT2D eigenvalue weighted by Crippen LogP contribution is 2.36. The number of benzene rings is 3. The first kappa shape index (κ1) is 21.2. The first-order valence-corrected chi connectivity index (χ1v) is 10.9. The van der Waals surface area contributed by atoms with Gasteiger partial charge in [-0.3, -0.25) is 9.69 Å². The third-order valence-corrected chi connectivity index (χ3v) is 6.09. The van der Waals surface area contributed by atoms with Gasteiger partial charge in [-0.15, -0.1) is 0 Å². The maximum Gasteiger partial charge on any atom is 0.200 e. The molecule has 0 spiro atoms. The Morgan fingerprint density at radius 3 is 2.64 bits per heavy atom. The van der Waals surface area contributed by atoms with Gasteiger partial charge in [0.25, 0.3) is 0 Å². The van der Waals surface area contributed by atoms with Gasteiger partial charge in [0.2, 0.25) is 5.43 Å². The summed E-state index contributed by atoms with van der Waals surface area (Å²) in [5.74, 6) is 1.65. The molecule has 0 fully saturated rings. The lowest BCUT2D eigenvalue weighted by Gasteiger charge is -2.29. The van der Waals surface area contributed by atoms with E-state index in [1.807, 2.05) is 30.3 Å². The van der Waals surface area contributed by atoms with Crippen LogP contribution in [0.1, 0.15) is 16.9 Å². The van der Waals surface area contributed by atoms with E-state index in [9.17, 15) is 9.18 Å². The molecular weight excluding hydrogens is 421 g/mol. The van der Waals surface area contributed by atoms with E-state index in [4.69, 9.17) is 13.9 Å². The minimum Gasteiger partial charge on any atom is -0.496 e. The Morgan fingerprint density at radius 2 is 1.85 bits per heavy atom. The third-order valence-electron chi connectivity index (χ3n) is 6.09. The smallest absolute Gasteiger partial charge is 0.200 e. The second-order valence-corrected chi connectivity index (χ2v) is 8.18. The van der Waals surface area contributed by atoms with Crippen molar-refractivity contribution in [3.8, 4) is 22.6 Å². The van der Waals surface area contributed by atoms with Crippen molar-refractivity contribution in [2.45, 2.75) is 19.9 Å². The van der Waals surface area contributed by atoms with E-state index in [0.29, 0.717) is 46.9 Å². The van der Waals surface area contributed by atoms with Crippen molar-refractivity contribution in [2.75, 3.05) is 20.4 Å². The van der Waals surface area contributed by atoms with Crippen LogP contribution in [0.15, 0.2) is 69.9 Å². The van der Waals surface area contributed by atoms with Gasteiger partial charge in [-0.25, -0.2) is 4.39 Å². The first-order chi connectivity index (χ1) is 16.0. The van der Waals surface area contributed by atoms with E-state index < -0.39 is 0 Å². The Hall–Kier alpha value is -3.64. The zero-order valence-corrected chi connectivity index (χ0v) is 18.6. The Labute approximate surface area is 191 Å². The fourth-order valence-electron chi connectivity index (χ4n) is 4.36. The second kappa shape index (κ2) is 8.71. The summed E-state index contributed by atoms with van der Waals surface area (Å²) in [7, 11) is 1.59. The summed E-state index contributed by atoms with van der Waals surface area (Å²) in [6.45, 7) is 3.59. The van der Waals surface area contributed by atoms with Gasteiger partial charge in [0, 0.05) is 18.7 Å². The van der Waals surface area contributed by atoms with Crippen molar-refractivity contribution in [2.24, 2.45) is 0 Å². The van der Waals surface area contributed by atoms with Gasteiger partial charge < -0.3 is 13.9 Å². The molecule has 168 valence electrons. The number of methoxy groups -OCH3 is 1. The summed E-state index contributed by atoms with van der Waals surface area (Å²) in [6, 6.07) is 17.6. The van der Waals surface area contributed by atoms with Gasteiger partial charge >= 0.3 is 0 Å². The Morgan fingerprint density at radius 1 is 1.06 bits per heavy atom. The Balaban J connectivity index is 1.50. The number of halogens is 1. The molecule has 0 radical (unpaired) electrons. The van der Waals surface area contributed by atoms with Crippen LogP contribution in [0.4, 0.5) is 4.39 Å². The molecule has 0 unspecified atom stereocenters. The molecule has 0 N–H and O–H groups in total. The molecule has 3 aromatic carbocycles. The van der Waals surface area contributed by atoms with Crippen LogP contribution in [0.5, 0.6) is 11.5 Å². The molecule has 1 aliphatic rings. The highest BCUT2D eigenvalue weighted by molar-refractivity contribution is 5.87. The fourth-order valence-corrected chi connectivity index (χ4v) is 4.36. The number of ether oxygens (including phenoxy) is 2. The Kier molecular flexibility index (Phi) is 5.60. The van der Waals surface area contributed by atoms with Gasteiger partial charge in [-0.2, -0.15) is 0 Å². The molecule has 0 aliphatic carbocycles. The lowest BCUT2D eigenvalue weighted by atomic mass is 9.99. The zero-order chi connectivity index (χ0) is 22.9. The number of para-hydroxylation sites is 1. The van der Waals surface area contributed by atoms with Gasteiger partial charge in [-0.1, -0.05) is 30.3 Å². The van der Waals surface area contributed by atoms with E-state index in [1.165, 1.54) is 12.1 Å². The molecule has 2 heterocycles. The fraction of sp³-hybridized carbons (Fsp3) is 0.222. The summed E-state index contributed by atoms with van der Waals surface area (Å²) in [5, 5.41) is 0.518. The maximum absolute atomic E-state index is 13.5. The van der Waals surface area contributed by atoms with E-state index in [2.05, 4.69) is 4.90 Å². The molecule has 33 heavy (non-hydrogen) atoms. The number of rotatable bonds is 5. The van der Waals surface area contributed by atoms with Crippen molar-refractivity contribution in [1.29, 1.82) is 0 Å². The summed E-state index contributed by atoms with van der Waals surface area (Å²) in [4.78, 5) is 15.7. The number of hydrogen-bond donors (Lipinski definition) is 0. The van der Waals surface area contributed by atoms with Gasteiger partial charge in [0.1, 0.15) is 35.4 Å². The van der Waals surface area contributed by atoms with Crippen LogP contribution < -0.4 is 14.9 Å². The van der Waals surface area contributed by atoms with E-state index in [0.717, 1.165) is 29.8 Å². The SMILES string of the molecule is COc1ccccc1-c1c(C)oc2c3c(ccc2c1=O)OCN(CCc1ccc(F)cc1)C3.